The van der Waals surface area contributed by atoms with E-state index >= 15 is 0 Å². The number of carbonyl (C=O) groups excluding carboxylic acids is 2. The number of nitrogens with one attached hydrogen (secondary N) is 2. The minimum Gasteiger partial charge on any atom is -0.449 e. The van der Waals surface area contributed by atoms with Crippen LogP contribution in [0.25, 0.3) is 0 Å². The number of ether oxygens (including phenoxy) is 1. The van der Waals surface area contributed by atoms with Crippen molar-refractivity contribution >= 4 is 45.1 Å². The lowest BCUT2D eigenvalue weighted by Gasteiger charge is -2.16. The number of rotatable bonds is 8. The van der Waals surface area contributed by atoms with Crippen molar-refractivity contribution in [2.24, 2.45) is 0 Å². The van der Waals surface area contributed by atoms with Gasteiger partial charge in [0.25, 0.3) is 15.9 Å². The lowest BCUT2D eigenvalue weighted by molar-refractivity contribution is -0.124. The van der Waals surface area contributed by atoms with Crippen LogP contribution < -0.4 is 10.0 Å². The van der Waals surface area contributed by atoms with Crippen molar-refractivity contribution in [1.82, 2.24) is 15.0 Å². The quantitative estimate of drug-likeness (QED) is 0.374. The standard InChI is InChI=1S/C20H18ClN5O5S/c1-2-16(31-19(28)15-5-3-10-22-17(15)21)18(27)25-13-6-8-14(9-7-13)32(29,30)26-20-23-11-4-12-24-20/h3-12,16H,2H2,1H3,(H,25,27)(H,23,24,26). The molecule has 32 heavy (non-hydrogen) atoms. The molecule has 1 atom stereocenters. The molecule has 0 fully saturated rings. The Morgan fingerprint density at radius 2 is 1.69 bits per heavy atom. The maximum absolute atomic E-state index is 12.5. The summed E-state index contributed by atoms with van der Waals surface area (Å²) in [6.07, 6.45) is 3.36. The van der Waals surface area contributed by atoms with Gasteiger partial charge in [0.05, 0.1) is 10.5 Å². The van der Waals surface area contributed by atoms with Crippen LogP contribution in [0.5, 0.6) is 0 Å². The van der Waals surface area contributed by atoms with E-state index in [9.17, 15) is 18.0 Å². The highest BCUT2D eigenvalue weighted by Gasteiger charge is 2.24. The fraction of sp³-hybridized carbons (Fsp3) is 0.150. The zero-order chi connectivity index (χ0) is 23.1. The molecule has 166 valence electrons. The first-order chi connectivity index (χ1) is 15.3. The first-order valence-electron chi connectivity index (χ1n) is 9.32. The molecule has 10 nitrogen and oxygen atoms in total. The van der Waals surface area contributed by atoms with Gasteiger partial charge in [0.2, 0.25) is 5.95 Å². The number of carbonyl (C=O) groups is 2. The lowest BCUT2D eigenvalue weighted by atomic mass is 10.2. The van der Waals surface area contributed by atoms with Gasteiger partial charge in [-0.2, -0.15) is 0 Å². The highest BCUT2D eigenvalue weighted by molar-refractivity contribution is 7.92. The Morgan fingerprint density at radius 1 is 1.03 bits per heavy atom. The number of sulfonamides is 1. The number of esters is 1. The van der Waals surface area contributed by atoms with Crippen molar-refractivity contribution in [3.05, 3.63) is 71.8 Å². The summed E-state index contributed by atoms with van der Waals surface area (Å²) in [6.45, 7) is 1.68. The molecule has 3 rings (SSSR count). The van der Waals surface area contributed by atoms with E-state index in [0.29, 0.717) is 5.69 Å². The van der Waals surface area contributed by atoms with E-state index in [-0.39, 0.29) is 28.0 Å². The van der Waals surface area contributed by atoms with Crippen molar-refractivity contribution in [3.8, 4) is 0 Å². The average Bonchev–Trinajstić information content (AvgIpc) is 2.78. The molecule has 1 amide bonds. The Balaban J connectivity index is 1.65. The molecule has 0 aliphatic rings. The predicted octanol–water partition coefficient (Wildman–Crippen LogP) is 2.90. The van der Waals surface area contributed by atoms with E-state index in [4.69, 9.17) is 16.3 Å². The van der Waals surface area contributed by atoms with Crippen LogP contribution in [0.2, 0.25) is 5.15 Å². The first kappa shape index (κ1) is 23.1. The van der Waals surface area contributed by atoms with Gasteiger partial charge < -0.3 is 10.1 Å². The van der Waals surface area contributed by atoms with E-state index in [1.54, 1.807) is 13.0 Å². The van der Waals surface area contributed by atoms with Crippen molar-refractivity contribution in [2.45, 2.75) is 24.3 Å². The second-order valence-electron chi connectivity index (χ2n) is 6.34. The molecule has 0 aliphatic carbocycles. The van der Waals surface area contributed by atoms with Gasteiger partial charge in [-0.05, 0) is 48.9 Å². The van der Waals surface area contributed by atoms with Crippen LogP contribution in [0.1, 0.15) is 23.7 Å². The summed E-state index contributed by atoms with van der Waals surface area (Å²) < 4.78 is 32.3. The maximum atomic E-state index is 12.5. The highest BCUT2D eigenvalue weighted by atomic mass is 35.5. The number of amides is 1. The lowest BCUT2D eigenvalue weighted by Crippen LogP contribution is -2.32. The molecule has 1 unspecified atom stereocenters. The average molecular weight is 476 g/mol. The zero-order valence-corrected chi connectivity index (χ0v) is 18.3. The Bertz CT molecular complexity index is 1210. The van der Waals surface area contributed by atoms with Crippen molar-refractivity contribution in [3.63, 3.8) is 0 Å². The number of pyridine rings is 1. The summed E-state index contributed by atoms with van der Waals surface area (Å²) >= 11 is 5.88. The van der Waals surface area contributed by atoms with Crippen LogP contribution in [0, 0.1) is 0 Å². The van der Waals surface area contributed by atoms with Crippen LogP contribution in [0.4, 0.5) is 11.6 Å². The highest BCUT2D eigenvalue weighted by Crippen LogP contribution is 2.18. The van der Waals surface area contributed by atoms with Gasteiger partial charge in [-0.25, -0.2) is 32.9 Å². The second-order valence-corrected chi connectivity index (χ2v) is 8.38. The largest absolute Gasteiger partial charge is 0.449 e. The monoisotopic (exact) mass is 475 g/mol. The molecule has 2 heterocycles. The van der Waals surface area contributed by atoms with Gasteiger partial charge in [0, 0.05) is 24.3 Å². The molecular formula is C20H18ClN5O5S. The van der Waals surface area contributed by atoms with Gasteiger partial charge in [-0.1, -0.05) is 18.5 Å². The first-order valence-corrected chi connectivity index (χ1v) is 11.2. The van der Waals surface area contributed by atoms with Crippen LogP contribution in [0.3, 0.4) is 0 Å². The van der Waals surface area contributed by atoms with Gasteiger partial charge in [-0.3, -0.25) is 4.79 Å². The molecule has 3 aromatic rings. The van der Waals surface area contributed by atoms with Crippen LogP contribution >= 0.6 is 11.6 Å². The fourth-order valence-electron chi connectivity index (χ4n) is 2.52. The van der Waals surface area contributed by atoms with E-state index in [1.807, 2.05) is 0 Å². The van der Waals surface area contributed by atoms with Gasteiger partial charge in [-0.15, -0.1) is 0 Å². The number of halogens is 1. The van der Waals surface area contributed by atoms with E-state index in [1.165, 1.54) is 55.0 Å². The third kappa shape index (κ3) is 5.77. The number of hydrogen-bond acceptors (Lipinski definition) is 8. The third-order valence-corrected chi connectivity index (χ3v) is 5.76. The normalized spacial score (nSPS) is 11.9. The van der Waals surface area contributed by atoms with Gasteiger partial charge in [0.1, 0.15) is 5.15 Å². The van der Waals surface area contributed by atoms with Crippen LogP contribution in [-0.4, -0.2) is 41.4 Å². The fourth-order valence-corrected chi connectivity index (χ4v) is 3.68. The van der Waals surface area contributed by atoms with Gasteiger partial charge >= 0.3 is 5.97 Å². The molecule has 0 bridgehead atoms. The van der Waals surface area contributed by atoms with Crippen molar-refractivity contribution in [2.75, 3.05) is 10.0 Å². The summed E-state index contributed by atoms with van der Waals surface area (Å²) in [5, 5.41) is 2.56. The topological polar surface area (TPSA) is 140 Å². The number of benzene rings is 1. The molecule has 1 aromatic carbocycles. The van der Waals surface area contributed by atoms with E-state index in [0.717, 1.165) is 0 Å². The Hall–Kier alpha value is -3.57. The second kappa shape index (κ2) is 10.2. The minimum absolute atomic E-state index is 0.0286. The summed E-state index contributed by atoms with van der Waals surface area (Å²) in [7, 11) is -3.91. The molecule has 0 aliphatic heterocycles. The minimum atomic E-state index is -3.91. The SMILES string of the molecule is CCC(OC(=O)c1cccnc1Cl)C(=O)Nc1ccc(S(=O)(=O)Nc2ncccn2)cc1. The number of anilines is 2. The Morgan fingerprint density at radius 3 is 2.31 bits per heavy atom. The molecule has 0 saturated carbocycles. The molecular weight excluding hydrogens is 458 g/mol. The van der Waals surface area contributed by atoms with Crippen molar-refractivity contribution in [1.29, 1.82) is 0 Å². The Kier molecular flexibility index (Phi) is 7.33. The molecule has 0 radical (unpaired) electrons. The zero-order valence-electron chi connectivity index (χ0n) is 16.7. The summed E-state index contributed by atoms with van der Waals surface area (Å²) in [6, 6.07) is 9.96. The molecule has 2 N–H and O–H groups in total. The summed E-state index contributed by atoms with van der Waals surface area (Å²) in [4.78, 5) is 36.2. The molecule has 2 aromatic heterocycles. The Labute approximate surface area is 189 Å². The molecule has 0 saturated heterocycles. The smallest absolute Gasteiger partial charge is 0.342 e. The van der Waals surface area contributed by atoms with Crippen molar-refractivity contribution < 1.29 is 22.7 Å². The van der Waals surface area contributed by atoms with Gasteiger partial charge in [0.15, 0.2) is 6.10 Å². The predicted molar refractivity (Wildman–Crippen MR) is 117 cm³/mol. The number of nitrogens with zero attached hydrogens (tertiary/aromatic N) is 3. The summed E-state index contributed by atoms with van der Waals surface area (Å²) in [5.74, 6) is -1.42. The molecule has 0 spiro atoms. The molecule has 12 heteroatoms. The van der Waals surface area contributed by atoms with E-state index in [2.05, 4.69) is 25.0 Å². The third-order valence-electron chi connectivity index (χ3n) is 4.12. The number of aromatic nitrogens is 3. The van der Waals surface area contributed by atoms with Crippen LogP contribution in [-0.2, 0) is 19.6 Å². The number of hydrogen-bond donors (Lipinski definition) is 2. The van der Waals surface area contributed by atoms with Crippen LogP contribution in [0.15, 0.2) is 66.0 Å². The maximum Gasteiger partial charge on any atom is 0.342 e. The summed E-state index contributed by atoms with van der Waals surface area (Å²) in [5.41, 5.74) is 0.365. The van der Waals surface area contributed by atoms with E-state index < -0.39 is 28.0 Å².